The van der Waals surface area contributed by atoms with Crippen molar-refractivity contribution in [3.63, 3.8) is 0 Å². The quantitative estimate of drug-likeness (QED) is 0.473. The van der Waals surface area contributed by atoms with Gasteiger partial charge in [-0.05, 0) is 47.0 Å². The molecule has 3 nitrogen and oxygen atoms in total. The van der Waals surface area contributed by atoms with Crippen LogP contribution in [0, 0.1) is 0 Å². The number of hydrogen-bond acceptors (Lipinski definition) is 2. The Bertz CT molecular complexity index is 923. The van der Waals surface area contributed by atoms with Crippen LogP contribution in [0.4, 0.5) is 5.69 Å². The van der Waals surface area contributed by atoms with E-state index in [9.17, 15) is 0 Å². The Morgan fingerprint density at radius 3 is 2.17 bits per heavy atom. The summed E-state index contributed by atoms with van der Waals surface area (Å²) >= 11 is 5.78. The molecule has 0 atom stereocenters. The fourth-order valence-corrected chi connectivity index (χ4v) is 3.38. The van der Waals surface area contributed by atoms with Crippen LogP contribution in [0.3, 0.4) is 0 Å². The lowest BCUT2D eigenvalue weighted by Crippen LogP contribution is -2.33. The zero-order valence-corrected chi connectivity index (χ0v) is 18.1. The summed E-state index contributed by atoms with van der Waals surface area (Å²) in [5.74, 6) is 1.33. The molecule has 1 N–H and O–H groups in total. The first-order chi connectivity index (χ1) is 14.0. The Hall–Kier alpha value is -2.85. The third kappa shape index (κ3) is 6.06. The van der Waals surface area contributed by atoms with Crippen molar-refractivity contribution in [3.05, 3.63) is 95.6 Å². The summed E-state index contributed by atoms with van der Waals surface area (Å²) in [5, 5.41) is 4.05. The molecule has 0 amide bonds. The Morgan fingerprint density at radius 2 is 1.55 bits per heavy atom. The highest BCUT2D eigenvalue weighted by molar-refractivity contribution is 7.80. The van der Waals surface area contributed by atoms with Gasteiger partial charge in [0.05, 0.1) is 7.11 Å². The number of thiocarbonyl (C=S) groups is 1. The second kappa shape index (κ2) is 10.1. The monoisotopic (exact) mass is 404 g/mol. The summed E-state index contributed by atoms with van der Waals surface area (Å²) < 4.78 is 5.32. The average Bonchev–Trinajstić information content (AvgIpc) is 2.74. The second-order valence-electron chi connectivity index (χ2n) is 7.40. The number of ether oxygens (including phenoxy) is 1. The third-order valence-corrected chi connectivity index (χ3v) is 5.20. The molecule has 3 aromatic carbocycles. The fourth-order valence-electron chi connectivity index (χ4n) is 3.14. The highest BCUT2D eigenvalue weighted by Crippen LogP contribution is 2.20. The van der Waals surface area contributed by atoms with E-state index in [2.05, 4.69) is 72.6 Å². The normalized spacial score (nSPS) is 10.6. The van der Waals surface area contributed by atoms with Gasteiger partial charge in [-0.3, -0.25) is 0 Å². The lowest BCUT2D eigenvalue weighted by atomic mass is 10.0. The van der Waals surface area contributed by atoms with Crippen LogP contribution in [0.1, 0.15) is 36.5 Å². The first-order valence-electron chi connectivity index (χ1n) is 9.88. The van der Waals surface area contributed by atoms with Gasteiger partial charge in [0, 0.05) is 24.8 Å². The highest BCUT2D eigenvalue weighted by Gasteiger charge is 2.12. The van der Waals surface area contributed by atoms with Crippen molar-refractivity contribution in [2.75, 3.05) is 12.4 Å². The number of rotatable bonds is 7. The van der Waals surface area contributed by atoms with Gasteiger partial charge in [0.1, 0.15) is 5.75 Å². The van der Waals surface area contributed by atoms with Gasteiger partial charge in [-0.25, -0.2) is 0 Å². The van der Waals surface area contributed by atoms with Crippen LogP contribution in [-0.2, 0) is 13.1 Å². The van der Waals surface area contributed by atoms with Gasteiger partial charge in [-0.2, -0.15) is 0 Å². The standard InChI is InChI=1S/C25H28N2OS/c1-19(2)22-14-12-21(13-15-22)18-27(17-20-8-5-4-6-9-20)25(29)26-23-10-7-11-24(16-23)28-3/h4-16,19H,17-18H2,1-3H3,(H,26,29). The van der Waals surface area contributed by atoms with Crippen LogP contribution in [0.5, 0.6) is 5.75 Å². The number of hydrogen-bond donors (Lipinski definition) is 1. The van der Waals surface area contributed by atoms with Crippen molar-refractivity contribution in [1.29, 1.82) is 0 Å². The van der Waals surface area contributed by atoms with Crippen molar-refractivity contribution in [3.8, 4) is 5.75 Å². The zero-order valence-electron chi connectivity index (χ0n) is 17.3. The molecule has 0 bridgehead atoms. The first kappa shape index (κ1) is 20.9. The van der Waals surface area contributed by atoms with Crippen molar-refractivity contribution < 1.29 is 4.74 Å². The van der Waals surface area contributed by atoms with Crippen LogP contribution < -0.4 is 10.1 Å². The Kier molecular flexibility index (Phi) is 7.25. The van der Waals surface area contributed by atoms with Crippen LogP contribution in [-0.4, -0.2) is 17.1 Å². The number of anilines is 1. The Balaban J connectivity index is 1.78. The second-order valence-corrected chi connectivity index (χ2v) is 7.79. The molecule has 0 spiro atoms. The molecule has 0 aliphatic carbocycles. The van der Waals surface area contributed by atoms with E-state index >= 15 is 0 Å². The predicted molar refractivity (Wildman–Crippen MR) is 125 cm³/mol. The van der Waals surface area contributed by atoms with E-state index in [0.29, 0.717) is 11.0 Å². The van der Waals surface area contributed by atoms with E-state index in [-0.39, 0.29) is 0 Å². The van der Waals surface area contributed by atoms with Crippen LogP contribution in [0.2, 0.25) is 0 Å². The highest BCUT2D eigenvalue weighted by atomic mass is 32.1. The lowest BCUT2D eigenvalue weighted by molar-refractivity contribution is 0.412. The molecular weight excluding hydrogens is 376 g/mol. The van der Waals surface area contributed by atoms with Gasteiger partial charge in [-0.15, -0.1) is 0 Å². The molecular formula is C25H28N2OS. The summed E-state index contributed by atoms with van der Waals surface area (Å²) in [6.45, 7) is 5.90. The molecule has 150 valence electrons. The number of methoxy groups -OCH3 is 1. The van der Waals surface area contributed by atoms with Gasteiger partial charge in [-0.1, -0.05) is 74.5 Å². The van der Waals surface area contributed by atoms with Crippen molar-refractivity contribution in [1.82, 2.24) is 4.90 Å². The zero-order chi connectivity index (χ0) is 20.6. The predicted octanol–water partition coefficient (Wildman–Crippen LogP) is 6.22. The van der Waals surface area contributed by atoms with Crippen molar-refractivity contribution in [2.45, 2.75) is 32.9 Å². The molecule has 0 aliphatic heterocycles. The topological polar surface area (TPSA) is 24.5 Å². The molecule has 3 rings (SSSR count). The smallest absolute Gasteiger partial charge is 0.174 e. The van der Waals surface area contributed by atoms with E-state index < -0.39 is 0 Å². The van der Waals surface area contributed by atoms with Crippen molar-refractivity contribution in [2.24, 2.45) is 0 Å². The minimum atomic E-state index is 0.528. The molecule has 0 radical (unpaired) electrons. The minimum Gasteiger partial charge on any atom is -0.497 e. The van der Waals surface area contributed by atoms with Crippen LogP contribution >= 0.6 is 12.2 Å². The maximum atomic E-state index is 5.78. The minimum absolute atomic E-state index is 0.528. The molecule has 29 heavy (non-hydrogen) atoms. The van der Waals surface area contributed by atoms with E-state index in [1.54, 1.807) is 7.11 Å². The summed E-state index contributed by atoms with van der Waals surface area (Å²) in [5.41, 5.74) is 4.73. The van der Waals surface area contributed by atoms with Gasteiger partial charge >= 0.3 is 0 Å². The molecule has 0 aromatic heterocycles. The maximum Gasteiger partial charge on any atom is 0.174 e. The Labute approximate surface area is 179 Å². The average molecular weight is 405 g/mol. The summed E-state index contributed by atoms with van der Waals surface area (Å²) in [4.78, 5) is 2.19. The van der Waals surface area contributed by atoms with Gasteiger partial charge < -0.3 is 15.0 Å². The number of benzene rings is 3. The van der Waals surface area contributed by atoms with Gasteiger partial charge in [0.2, 0.25) is 0 Å². The van der Waals surface area contributed by atoms with E-state index in [4.69, 9.17) is 17.0 Å². The molecule has 3 aromatic rings. The van der Waals surface area contributed by atoms with Crippen LogP contribution in [0.15, 0.2) is 78.9 Å². The Morgan fingerprint density at radius 1 is 0.897 bits per heavy atom. The van der Waals surface area contributed by atoms with Gasteiger partial charge in [0.25, 0.3) is 0 Å². The summed E-state index contributed by atoms with van der Waals surface area (Å²) in [6.07, 6.45) is 0. The molecule has 0 saturated carbocycles. The number of nitrogens with zero attached hydrogens (tertiary/aromatic N) is 1. The molecule has 4 heteroatoms. The molecule has 0 fully saturated rings. The summed E-state index contributed by atoms with van der Waals surface area (Å²) in [6, 6.07) is 27.0. The maximum absolute atomic E-state index is 5.78. The fraction of sp³-hybridized carbons (Fsp3) is 0.240. The van der Waals surface area contributed by atoms with Crippen LogP contribution in [0.25, 0.3) is 0 Å². The number of nitrogens with one attached hydrogen (secondary N) is 1. The lowest BCUT2D eigenvalue weighted by Gasteiger charge is -2.26. The van der Waals surface area contributed by atoms with E-state index in [0.717, 1.165) is 24.5 Å². The largest absolute Gasteiger partial charge is 0.497 e. The molecule has 0 heterocycles. The summed E-state index contributed by atoms with van der Waals surface area (Å²) in [7, 11) is 1.67. The van der Waals surface area contributed by atoms with Gasteiger partial charge in [0.15, 0.2) is 5.11 Å². The first-order valence-corrected chi connectivity index (χ1v) is 10.3. The van der Waals surface area contributed by atoms with E-state index in [1.807, 2.05) is 30.3 Å². The molecule has 0 aliphatic rings. The molecule has 0 saturated heterocycles. The van der Waals surface area contributed by atoms with Crippen molar-refractivity contribution >= 4 is 23.0 Å². The molecule has 0 unspecified atom stereocenters. The SMILES string of the molecule is COc1cccc(NC(=S)N(Cc2ccccc2)Cc2ccc(C(C)C)cc2)c1. The third-order valence-electron chi connectivity index (χ3n) is 4.84. The van der Waals surface area contributed by atoms with E-state index in [1.165, 1.54) is 16.7 Å².